The van der Waals surface area contributed by atoms with Crippen molar-refractivity contribution >= 4 is 28.5 Å². The molecule has 0 saturated carbocycles. The quantitative estimate of drug-likeness (QED) is 0.921. The Kier molecular flexibility index (Phi) is 3.52. The van der Waals surface area contributed by atoms with Crippen molar-refractivity contribution in [2.75, 3.05) is 5.32 Å². The van der Waals surface area contributed by atoms with Crippen molar-refractivity contribution in [3.8, 4) is 0 Å². The smallest absolute Gasteiger partial charge is 0.255 e. The predicted molar refractivity (Wildman–Crippen MR) is 77.8 cm³/mol. The van der Waals surface area contributed by atoms with Gasteiger partial charge in [-0.3, -0.25) is 14.6 Å². The highest BCUT2D eigenvalue weighted by Crippen LogP contribution is 2.31. The molecule has 0 spiro atoms. The van der Waals surface area contributed by atoms with Crippen molar-refractivity contribution < 1.29 is 9.59 Å². The maximum atomic E-state index is 12.2. The molecule has 1 aromatic heterocycles. The first-order valence-electron chi connectivity index (χ1n) is 6.27. The van der Waals surface area contributed by atoms with Gasteiger partial charge >= 0.3 is 0 Å². The molecular formula is C15H12N2O2S. The molecule has 0 bridgehead atoms. The number of anilines is 1. The van der Waals surface area contributed by atoms with Gasteiger partial charge in [0.05, 0.1) is 0 Å². The normalized spacial score (nSPS) is 13.7. The lowest BCUT2D eigenvalue weighted by Crippen LogP contribution is -2.13. The summed E-state index contributed by atoms with van der Waals surface area (Å²) < 4.78 is 0. The molecular weight excluding hydrogens is 272 g/mol. The Morgan fingerprint density at radius 2 is 1.95 bits per heavy atom. The van der Waals surface area contributed by atoms with Crippen molar-refractivity contribution in [1.82, 2.24) is 4.98 Å². The molecule has 1 aliphatic rings. The van der Waals surface area contributed by atoms with Crippen LogP contribution in [-0.4, -0.2) is 16.0 Å². The van der Waals surface area contributed by atoms with E-state index in [9.17, 15) is 9.59 Å². The lowest BCUT2D eigenvalue weighted by Gasteiger charge is -2.15. The maximum absolute atomic E-state index is 12.2. The van der Waals surface area contributed by atoms with Crippen LogP contribution in [0.15, 0.2) is 47.6 Å². The highest BCUT2D eigenvalue weighted by molar-refractivity contribution is 8.13. The first-order chi connectivity index (χ1) is 9.72. The number of fused-ring (bicyclic) bond motifs is 1. The Bertz CT molecular complexity index is 671. The highest BCUT2D eigenvalue weighted by atomic mass is 32.2. The van der Waals surface area contributed by atoms with Crippen LogP contribution < -0.4 is 5.32 Å². The van der Waals surface area contributed by atoms with E-state index < -0.39 is 0 Å². The van der Waals surface area contributed by atoms with E-state index in [1.807, 2.05) is 6.07 Å². The molecule has 3 rings (SSSR count). The number of aromatic nitrogens is 1. The minimum Gasteiger partial charge on any atom is -0.322 e. The van der Waals surface area contributed by atoms with Gasteiger partial charge in [-0.15, -0.1) is 0 Å². The van der Waals surface area contributed by atoms with Gasteiger partial charge in [0.25, 0.3) is 5.91 Å². The van der Waals surface area contributed by atoms with E-state index in [4.69, 9.17) is 0 Å². The van der Waals surface area contributed by atoms with Crippen molar-refractivity contribution in [2.45, 2.75) is 17.7 Å². The third kappa shape index (κ3) is 2.72. The zero-order valence-corrected chi connectivity index (χ0v) is 11.4. The molecule has 2 heterocycles. The van der Waals surface area contributed by atoms with E-state index in [1.165, 1.54) is 11.8 Å². The van der Waals surface area contributed by atoms with Gasteiger partial charge in [0.15, 0.2) is 5.12 Å². The number of thioether (sulfide) groups is 1. The molecule has 20 heavy (non-hydrogen) atoms. The molecule has 1 amide bonds. The summed E-state index contributed by atoms with van der Waals surface area (Å²) in [6.07, 6.45) is 4.57. The molecule has 0 radical (unpaired) electrons. The SMILES string of the molecule is O=C1CCc2ccc(C(=O)Nc3ccncc3)cc2S1. The van der Waals surface area contributed by atoms with Crippen LogP contribution in [0, 0.1) is 0 Å². The summed E-state index contributed by atoms with van der Waals surface area (Å²) in [6.45, 7) is 0. The number of carbonyl (C=O) groups is 2. The predicted octanol–water partition coefficient (Wildman–Crippen LogP) is 2.90. The second-order valence-corrected chi connectivity index (χ2v) is 5.59. The molecule has 0 saturated heterocycles. The fourth-order valence-corrected chi connectivity index (χ4v) is 2.98. The molecule has 0 atom stereocenters. The van der Waals surface area contributed by atoms with E-state index in [-0.39, 0.29) is 11.0 Å². The molecule has 5 heteroatoms. The van der Waals surface area contributed by atoms with Gasteiger partial charge < -0.3 is 5.32 Å². The number of nitrogens with zero attached hydrogens (tertiary/aromatic N) is 1. The van der Waals surface area contributed by atoms with E-state index >= 15 is 0 Å². The number of amides is 1. The third-order valence-corrected chi connectivity index (χ3v) is 4.12. The number of nitrogens with one attached hydrogen (secondary N) is 1. The van der Waals surface area contributed by atoms with Gasteiger partial charge in [-0.25, -0.2) is 0 Å². The first-order valence-corrected chi connectivity index (χ1v) is 7.09. The molecule has 4 nitrogen and oxygen atoms in total. The monoisotopic (exact) mass is 284 g/mol. The average Bonchev–Trinajstić information content (AvgIpc) is 2.47. The van der Waals surface area contributed by atoms with E-state index in [0.717, 1.165) is 16.9 Å². The number of rotatable bonds is 2. The minimum atomic E-state index is -0.183. The largest absolute Gasteiger partial charge is 0.322 e. The number of hydrogen-bond donors (Lipinski definition) is 1. The minimum absolute atomic E-state index is 0.157. The standard InChI is InChI=1S/C15H12N2O2S/c18-14-4-3-10-1-2-11(9-13(10)20-14)15(19)17-12-5-7-16-8-6-12/h1-2,5-9H,3-4H2,(H,16,17,19). The Labute approximate surface area is 120 Å². The second-order valence-electron chi connectivity index (χ2n) is 4.49. The summed E-state index contributed by atoms with van der Waals surface area (Å²) in [5, 5.41) is 2.96. The van der Waals surface area contributed by atoms with Crippen molar-refractivity contribution in [1.29, 1.82) is 0 Å². The first kappa shape index (κ1) is 12.9. The molecule has 0 aliphatic carbocycles. The van der Waals surface area contributed by atoms with Gasteiger partial charge in [0, 0.05) is 35.0 Å². The Hall–Kier alpha value is -2.14. The topological polar surface area (TPSA) is 59.1 Å². The van der Waals surface area contributed by atoms with Crippen LogP contribution in [0.4, 0.5) is 5.69 Å². The summed E-state index contributed by atoms with van der Waals surface area (Å²) in [5.41, 5.74) is 2.39. The van der Waals surface area contributed by atoms with Crippen LogP contribution in [0.2, 0.25) is 0 Å². The fourth-order valence-electron chi connectivity index (χ4n) is 2.05. The Morgan fingerprint density at radius 1 is 1.15 bits per heavy atom. The lowest BCUT2D eigenvalue weighted by molar-refractivity contribution is -0.111. The van der Waals surface area contributed by atoms with Gasteiger partial charge in [-0.05, 0) is 36.2 Å². The van der Waals surface area contributed by atoms with Crippen LogP contribution in [0.3, 0.4) is 0 Å². The molecule has 1 aliphatic heterocycles. The molecule has 2 aromatic rings. The Balaban J connectivity index is 1.82. The molecule has 100 valence electrons. The zero-order chi connectivity index (χ0) is 13.9. The zero-order valence-electron chi connectivity index (χ0n) is 10.6. The summed E-state index contributed by atoms with van der Waals surface area (Å²) in [6, 6.07) is 8.97. The van der Waals surface area contributed by atoms with Gasteiger partial charge in [-0.1, -0.05) is 17.8 Å². The number of hydrogen-bond acceptors (Lipinski definition) is 4. The summed E-state index contributed by atoms with van der Waals surface area (Å²) in [7, 11) is 0. The van der Waals surface area contributed by atoms with E-state index in [2.05, 4.69) is 10.3 Å². The van der Waals surface area contributed by atoms with Gasteiger partial charge in [-0.2, -0.15) is 0 Å². The van der Waals surface area contributed by atoms with Crippen molar-refractivity contribution in [3.05, 3.63) is 53.9 Å². The van der Waals surface area contributed by atoms with Gasteiger partial charge in [0.2, 0.25) is 0 Å². The lowest BCUT2D eigenvalue weighted by atomic mass is 10.1. The van der Waals surface area contributed by atoms with Crippen molar-refractivity contribution in [3.63, 3.8) is 0 Å². The number of benzene rings is 1. The molecule has 0 unspecified atom stereocenters. The Morgan fingerprint density at radius 3 is 2.75 bits per heavy atom. The summed E-state index contributed by atoms with van der Waals surface area (Å²) in [4.78, 5) is 28.4. The third-order valence-electron chi connectivity index (χ3n) is 3.09. The van der Waals surface area contributed by atoms with Crippen LogP contribution in [0.1, 0.15) is 22.3 Å². The number of pyridine rings is 1. The maximum Gasteiger partial charge on any atom is 0.255 e. The summed E-state index contributed by atoms with van der Waals surface area (Å²) >= 11 is 1.22. The van der Waals surface area contributed by atoms with Crippen LogP contribution in [-0.2, 0) is 11.2 Å². The number of aryl methyl sites for hydroxylation is 1. The summed E-state index contributed by atoms with van der Waals surface area (Å²) in [5.74, 6) is -0.183. The van der Waals surface area contributed by atoms with Crippen LogP contribution in [0.5, 0.6) is 0 Å². The van der Waals surface area contributed by atoms with E-state index in [0.29, 0.717) is 17.7 Å². The van der Waals surface area contributed by atoms with Crippen molar-refractivity contribution in [2.24, 2.45) is 0 Å². The van der Waals surface area contributed by atoms with Crippen LogP contribution in [0.25, 0.3) is 0 Å². The van der Waals surface area contributed by atoms with Crippen LogP contribution >= 0.6 is 11.8 Å². The fraction of sp³-hybridized carbons (Fsp3) is 0.133. The second kappa shape index (κ2) is 5.46. The van der Waals surface area contributed by atoms with Gasteiger partial charge in [0.1, 0.15) is 0 Å². The number of carbonyl (C=O) groups excluding carboxylic acids is 2. The van der Waals surface area contributed by atoms with E-state index in [1.54, 1.807) is 36.7 Å². The molecule has 1 N–H and O–H groups in total. The molecule has 1 aromatic carbocycles. The average molecular weight is 284 g/mol. The molecule has 0 fully saturated rings. The highest BCUT2D eigenvalue weighted by Gasteiger charge is 2.18.